The van der Waals surface area contributed by atoms with E-state index in [1.54, 1.807) is 12.1 Å². The Bertz CT molecular complexity index is 837. The van der Waals surface area contributed by atoms with Gasteiger partial charge in [0.05, 0.1) is 16.3 Å². The zero-order chi connectivity index (χ0) is 18.1. The van der Waals surface area contributed by atoms with Gasteiger partial charge in [0.2, 0.25) is 0 Å². The Labute approximate surface area is 151 Å². The van der Waals surface area contributed by atoms with Gasteiger partial charge in [0, 0.05) is 17.4 Å². The lowest BCUT2D eigenvalue weighted by atomic mass is 10.2. The minimum Gasteiger partial charge on any atom is -0.452 e. The fraction of sp³-hybridized carbons (Fsp3) is 0.368. The largest absolute Gasteiger partial charge is 0.452 e. The summed E-state index contributed by atoms with van der Waals surface area (Å²) in [7, 11) is 0. The van der Waals surface area contributed by atoms with E-state index >= 15 is 0 Å². The van der Waals surface area contributed by atoms with Crippen LogP contribution >= 0.6 is 11.6 Å². The molecule has 1 aliphatic carbocycles. The van der Waals surface area contributed by atoms with E-state index < -0.39 is 11.9 Å². The van der Waals surface area contributed by atoms with Crippen molar-refractivity contribution in [2.45, 2.75) is 39.7 Å². The number of benzene rings is 1. The maximum Gasteiger partial charge on any atom is 0.340 e. The molecule has 0 aliphatic heterocycles. The highest BCUT2D eigenvalue weighted by Crippen LogP contribution is 2.38. The molecule has 1 amide bonds. The van der Waals surface area contributed by atoms with Gasteiger partial charge in [-0.3, -0.25) is 4.79 Å². The van der Waals surface area contributed by atoms with Gasteiger partial charge in [0.25, 0.3) is 5.91 Å². The van der Waals surface area contributed by atoms with Gasteiger partial charge in [-0.05, 0) is 57.4 Å². The van der Waals surface area contributed by atoms with Crippen LogP contribution in [-0.2, 0) is 9.53 Å². The van der Waals surface area contributed by atoms with Gasteiger partial charge >= 0.3 is 5.97 Å². The van der Waals surface area contributed by atoms with E-state index in [4.69, 9.17) is 16.3 Å². The Morgan fingerprint density at radius 1 is 1.24 bits per heavy atom. The highest BCUT2D eigenvalue weighted by Gasteiger charge is 2.28. The quantitative estimate of drug-likeness (QED) is 0.813. The van der Waals surface area contributed by atoms with Crippen LogP contribution in [0.3, 0.4) is 0 Å². The molecule has 132 valence electrons. The van der Waals surface area contributed by atoms with E-state index in [9.17, 15) is 9.59 Å². The Kier molecular flexibility index (Phi) is 4.86. The lowest BCUT2D eigenvalue weighted by Gasteiger charge is -2.09. The second-order valence-electron chi connectivity index (χ2n) is 6.49. The van der Waals surface area contributed by atoms with Crippen LogP contribution in [0.25, 0.3) is 0 Å². The lowest BCUT2D eigenvalue weighted by molar-refractivity contribution is -0.119. The van der Waals surface area contributed by atoms with Gasteiger partial charge < -0.3 is 14.6 Å². The normalized spacial score (nSPS) is 13.6. The molecule has 0 unspecified atom stereocenters. The lowest BCUT2D eigenvalue weighted by Crippen LogP contribution is -2.21. The minimum absolute atomic E-state index is 0.351. The molecule has 0 radical (unpaired) electrons. The Balaban J connectivity index is 1.60. The maximum atomic E-state index is 12.3. The molecule has 1 fully saturated rings. The van der Waals surface area contributed by atoms with Gasteiger partial charge in [-0.15, -0.1) is 0 Å². The molecule has 3 rings (SSSR count). The van der Waals surface area contributed by atoms with Gasteiger partial charge in [-0.25, -0.2) is 4.79 Å². The summed E-state index contributed by atoms with van der Waals surface area (Å²) in [4.78, 5) is 24.3. The number of hydrogen-bond donors (Lipinski definition) is 1. The van der Waals surface area contributed by atoms with Crippen LogP contribution in [-0.4, -0.2) is 23.1 Å². The molecule has 1 N–H and O–H groups in total. The molecule has 1 aromatic heterocycles. The predicted octanol–water partition coefficient (Wildman–Crippen LogP) is 4.20. The van der Waals surface area contributed by atoms with E-state index in [2.05, 4.69) is 9.88 Å². The Hall–Kier alpha value is -2.27. The van der Waals surface area contributed by atoms with Crippen LogP contribution in [0.5, 0.6) is 0 Å². The molecule has 1 heterocycles. The predicted molar refractivity (Wildman–Crippen MR) is 97.3 cm³/mol. The average Bonchev–Trinajstić information content (AvgIpc) is 3.33. The molecule has 0 saturated heterocycles. The Morgan fingerprint density at radius 2 is 1.96 bits per heavy atom. The van der Waals surface area contributed by atoms with E-state index in [0.717, 1.165) is 29.8 Å². The van der Waals surface area contributed by atoms with Gasteiger partial charge in [-0.2, -0.15) is 0 Å². The molecule has 2 aromatic rings. The van der Waals surface area contributed by atoms with Crippen molar-refractivity contribution in [3.8, 4) is 0 Å². The van der Waals surface area contributed by atoms with Crippen molar-refractivity contribution >= 4 is 29.2 Å². The summed E-state index contributed by atoms with van der Waals surface area (Å²) in [6.45, 7) is 5.45. The number of carbonyl (C=O) groups is 2. The summed E-state index contributed by atoms with van der Waals surface area (Å²) >= 11 is 6.08. The van der Waals surface area contributed by atoms with Crippen LogP contribution < -0.4 is 5.32 Å². The molecular weight excluding hydrogens is 340 g/mol. The maximum absolute atomic E-state index is 12.3. The first-order chi connectivity index (χ1) is 11.9. The summed E-state index contributed by atoms with van der Waals surface area (Å²) in [6, 6.07) is 7.65. The molecule has 0 atom stereocenters. The van der Waals surface area contributed by atoms with Crippen molar-refractivity contribution in [3.63, 3.8) is 0 Å². The number of aryl methyl sites for hydroxylation is 2. The van der Waals surface area contributed by atoms with Crippen LogP contribution in [0.2, 0.25) is 5.02 Å². The molecule has 1 aliphatic rings. The van der Waals surface area contributed by atoms with E-state index in [-0.39, 0.29) is 6.61 Å². The first kappa shape index (κ1) is 17.5. The monoisotopic (exact) mass is 360 g/mol. The van der Waals surface area contributed by atoms with E-state index in [0.29, 0.717) is 22.3 Å². The third-order valence-electron chi connectivity index (χ3n) is 4.35. The smallest absolute Gasteiger partial charge is 0.340 e. The SMILES string of the molecule is Cc1ccc(NC(=O)COC(=O)c2cc(C)n(C3CC3)c2C)c(Cl)c1. The minimum atomic E-state index is -0.481. The first-order valence-corrected chi connectivity index (χ1v) is 8.66. The van der Waals surface area contributed by atoms with E-state index in [1.807, 2.05) is 32.9 Å². The number of amides is 1. The Morgan fingerprint density at radius 3 is 2.60 bits per heavy atom. The highest BCUT2D eigenvalue weighted by atomic mass is 35.5. The van der Waals surface area contributed by atoms with Crippen molar-refractivity contribution in [1.82, 2.24) is 4.57 Å². The number of hydrogen-bond acceptors (Lipinski definition) is 3. The topological polar surface area (TPSA) is 60.3 Å². The molecular formula is C19H21ClN2O3. The van der Waals surface area contributed by atoms with Crippen LogP contribution in [0.15, 0.2) is 24.3 Å². The number of aromatic nitrogens is 1. The molecule has 1 aromatic carbocycles. The summed E-state index contributed by atoms with van der Waals surface area (Å²) in [6.07, 6.45) is 2.29. The number of ether oxygens (including phenoxy) is 1. The third kappa shape index (κ3) is 3.87. The molecule has 5 nitrogen and oxygen atoms in total. The third-order valence-corrected chi connectivity index (χ3v) is 4.66. The first-order valence-electron chi connectivity index (χ1n) is 8.28. The van der Waals surface area contributed by atoms with Crippen molar-refractivity contribution in [2.24, 2.45) is 0 Å². The number of anilines is 1. The standard InChI is InChI=1S/C19H21ClN2O3/c1-11-4-7-17(16(20)8-11)21-18(23)10-25-19(24)15-9-12(2)22(13(15)3)14-5-6-14/h4,7-9,14H,5-6,10H2,1-3H3,(H,21,23). The zero-order valence-corrected chi connectivity index (χ0v) is 15.3. The summed E-state index contributed by atoms with van der Waals surface area (Å²) in [5.41, 5.74) is 3.96. The summed E-state index contributed by atoms with van der Waals surface area (Å²) in [5.74, 6) is -0.903. The fourth-order valence-corrected chi connectivity index (χ4v) is 3.28. The van der Waals surface area contributed by atoms with Crippen molar-refractivity contribution in [1.29, 1.82) is 0 Å². The van der Waals surface area contributed by atoms with Crippen molar-refractivity contribution in [2.75, 3.05) is 11.9 Å². The zero-order valence-electron chi connectivity index (χ0n) is 14.6. The van der Waals surface area contributed by atoms with Crippen LogP contribution in [0.4, 0.5) is 5.69 Å². The highest BCUT2D eigenvalue weighted by molar-refractivity contribution is 6.33. The second kappa shape index (κ2) is 6.92. The molecule has 0 bridgehead atoms. The van der Waals surface area contributed by atoms with Gasteiger partial charge in [0.1, 0.15) is 0 Å². The average molecular weight is 361 g/mol. The molecule has 25 heavy (non-hydrogen) atoms. The number of nitrogens with zero attached hydrogens (tertiary/aromatic N) is 1. The number of halogens is 1. The van der Waals surface area contributed by atoms with Crippen molar-refractivity contribution in [3.05, 3.63) is 51.8 Å². The number of nitrogens with one attached hydrogen (secondary N) is 1. The van der Waals surface area contributed by atoms with Gasteiger partial charge in [0.15, 0.2) is 6.61 Å². The summed E-state index contributed by atoms with van der Waals surface area (Å²) < 4.78 is 7.34. The number of rotatable bonds is 5. The molecule has 0 spiro atoms. The molecule has 6 heteroatoms. The van der Waals surface area contributed by atoms with Gasteiger partial charge in [-0.1, -0.05) is 17.7 Å². The molecule has 1 saturated carbocycles. The van der Waals surface area contributed by atoms with E-state index in [1.165, 1.54) is 0 Å². The fourth-order valence-electron chi connectivity index (χ4n) is 3.00. The number of esters is 1. The summed E-state index contributed by atoms with van der Waals surface area (Å²) in [5, 5.41) is 3.10. The van der Waals surface area contributed by atoms with Crippen molar-refractivity contribution < 1.29 is 14.3 Å². The number of carbonyl (C=O) groups excluding carboxylic acids is 2. The van der Waals surface area contributed by atoms with Crippen LogP contribution in [0.1, 0.15) is 46.2 Å². The van der Waals surface area contributed by atoms with Crippen LogP contribution in [0, 0.1) is 20.8 Å². The second-order valence-corrected chi connectivity index (χ2v) is 6.90.